The van der Waals surface area contributed by atoms with Crippen molar-refractivity contribution in [3.63, 3.8) is 0 Å². The molecule has 0 heterocycles. The molecule has 1 N–H and O–H groups in total. The van der Waals surface area contributed by atoms with Gasteiger partial charge in [-0.3, -0.25) is 13.9 Å². The van der Waals surface area contributed by atoms with Crippen LogP contribution in [-0.4, -0.2) is 50.0 Å². The van der Waals surface area contributed by atoms with Crippen molar-refractivity contribution in [3.8, 4) is 0 Å². The van der Waals surface area contributed by atoms with Gasteiger partial charge in [0.2, 0.25) is 21.8 Å². The molecule has 0 spiro atoms. The number of sulfonamides is 1. The van der Waals surface area contributed by atoms with E-state index in [1.54, 1.807) is 12.1 Å². The van der Waals surface area contributed by atoms with E-state index in [1.165, 1.54) is 4.90 Å². The van der Waals surface area contributed by atoms with Crippen molar-refractivity contribution < 1.29 is 18.0 Å². The first kappa shape index (κ1) is 25.7. The molecule has 34 heavy (non-hydrogen) atoms. The maximum Gasteiger partial charge on any atom is 0.244 e. The number of nitrogens with zero attached hydrogens (tertiary/aromatic N) is 2. The largest absolute Gasteiger partial charge is 0.352 e. The summed E-state index contributed by atoms with van der Waals surface area (Å²) in [5.74, 6) is -0.591. The molecule has 0 unspecified atom stereocenters. The molecule has 2 amide bonds. The predicted molar refractivity (Wildman–Crippen MR) is 135 cm³/mol. The molecular formula is C26H35N3O4S. The highest BCUT2D eigenvalue weighted by molar-refractivity contribution is 7.92. The Kier molecular flexibility index (Phi) is 8.72. The standard InChI is InChI=1S/C26H35N3O4S/c1-4-23(26(31)27-22-15-9-10-16-22)28(18-21-13-6-5-7-14-21)25(30)19-29(34(3,32)33)24-17-11-8-12-20(24)2/h5-8,11-14,17,22-23H,4,9-10,15-16,18-19H2,1-3H3,(H,27,31)/t23-/m0/s1. The van der Waals surface area contributed by atoms with Gasteiger partial charge in [-0.2, -0.15) is 0 Å². The van der Waals surface area contributed by atoms with Gasteiger partial charge in [0, 0.05) is 12.6 Å². The van der Waals surface area contributed by atoms with Crippen molar-refractivity contribution in [2.75, 3.05) is 17.1 Å². The van der Waals surface area contributed by atoms with Crippen LogP contribution >= 0.6 is 0 Å². The topological polar surface area (TPSA) is 86.8 Å². The minimum absolute atomic E-state index is 0.134. The number of aryl methyl sites for hydroxylation is 1. The maximum absolute atomic E-state index is 13.7. The monoisotopic (exact) mass is 485 g/mol. The second kappa shape index (κ2) is 11.5. The molecule has 1 aliphatic carbocycles. The number of carbonyl (C=O) groups is 2. The molecule has 1 atom stereocenters. The van der Waals surface area contributed by atoms with Gasteiger partial charge >= 0.3 is 0 Å². The van der Waals surface area contributed by atoms with Gasteiger partial charge in [0.15, 0.2) is 0 Å². The Morgan fingerprint density at radius 2 is 1.65 bits per heavy atom. The van der Waals surface area contributed by atoms with Crippen molar-refractivity contribution in [3.05, 3.63) is 65.7 Å². The third-order valence-corrected chi connectivity index (χ3v) is 7.47. The maximum atomic E-state index is 13.7. The van der Waals surface area contributed by atoms with Gasteiger partial charge in [0.1, 0.15) is 12.6 Å². The van der Waals surface area contributed by atoms with Crippen LogP contribution < -0.4 is 9.62 Å². The van der Waals surface area contributed by atoms with Crippen molar-refractivity contribution in [2.45, 2.75) is 64.6 Å². The summed E-state index contributed by atoms with van der Waals surface area (Å²) in [7, 11) is -3.73. The third kappa shape index (κ3) is 6.59. The average molecular weight is 486 g/mol. The fourth-order valence-corrected chi connectivity index (χ4v) is 5.41. The summed E-state index contributed by atoms with van der Waals surface area (Å²) in [4.78, 5) is 28.4. The number of hydrogen-bond donors (Lipinski definition) is 1. The lowest BCUT2D eigenvalue weighted by Crippen LogP contribution is -2.53. The van der Waals surface area contributed by atoms with Gasteiger partial charge in [-0.25, -0.2) is 8.42 Å². The van der Waals surface area contributed by atoms with E-state index >= 15 is 0 Å². The second-order valence-electron chi connectivity index (χ2n) is 8.98. The summed E-state index contributed by atoms with van der Waals surface area (Å²) in [5, 5.41) is 3.11. The Hall–Kier alpha value is -2.87. The zero-order valence-electron chi connectivity index (χ0n) is 20.2. The predicted octanol–water partition coefficient (Wildman–Crippen LogP) is 3.63. The summed E-state index contributed by atoms with van der Waals surface area (Å²) in [5.41, 5.74) is 2.09. The van der Waals surface area contributed by atoms with E-state index in [-0.39, 0.29) is 25.0 Å². The van der Waals surface area contributed by atoms with Crippen LogP contribution in [0.3, 0.4) is 0 Å². The Balaban J connectivity index is 1.91. The molecule has 2 aromatic rings. The van der Waals surface area contributed by atoms with Crippen molar-refractivity contribution in [2.24, 2.45) is 0 Å². The first-order chi connectivity index (χ1) is 16.2. The van der Waals surface area contributed by atoms with Crippen LogP contribution in [0.5, 0.6) is 0 Å². The molecule has 0 aliphatic heterocycles. The smallest absolute Gasteiger partial charge is 0.244 e. The molecule has 1 fully saturated rings. The highest BCUT2D eigenvalue weighted by atomic mass is 32.2. The minimum atomic E-state index is -3.73. The first-order valence-electron chi connectivity index (χ1n) is 11.9. The Bertz CT molecular complexity index is 1080. The van der Waals surface area contributed by atoms with E-state index in [2.05, 4.69) is 5.32 Å². The third-order valence-electron chi connectivity index (χ3n) is 6.35. The molecule has 0 saturated heterocycles. The van der Waals surface area contributed by atoms with E-state index in [0.717, 1.165) is 47.4 Å². The highest BCUT2D eigenvalue weighted by Crippen LogP contribution is 2.23. The number of para-hydroxylation sites is 1. The molecule has 7 nitrogen and oxygen atoms in total. The van der Waals surface area contributed by atoms with Crippen LogP contribution in [-0.2, 0) is 26.2 Å². The average Bonchev–Trinajstić information content (AvgIpc) is 3.31. The van der Waals surface area contributed by atoms with Crippen molar-refractivity contribution >= 4 is 27.5 Å². The van der Waals surface area contributed by atoms with Gasteiger partial charge < -0.3 is 10.2 Å². The Morgan fingerprint density at radius 3 is 2.24 bits per heavy atom. The van der Waals surface area contributed by atoms with Crippen LogP contribution in [0.15, 0.2) is 54.6 Å². The fourth-order valence-electron chi connectivity index (χ4n) is 4.51. The number of rotatable bonds is 10. The Morgan fingerprint density at radius 1 is 1.03 bits per heavy atom. The molecule has 0 aromatic heterocycles. The number of benzene rings is 2. The fraction of sp³-hybridized carbons (Fsp3) is 0.462. The quantitative estimate of drug-likeness (QED) is 0.557. The van der Waals surface area contributed by atoms with E-state index in [0.29, 0.717) is 12.1 Å². The zero-order valence-corrected chi connectivity index (χ0v) is 21.1. The number of hydrogen-bond acceptors (Lipinski definition) is 4. The first-order valence-corrected chi connectivity index (χ1v) is 13.7. The summed E-state index contributed by atoms with van der Waals surface area (Å²) >= 11 is 0. The second-order valence-corrected chi connectivity index (χ2v) is 10.9. The summed E-state index contributed by atoms with van der Waals surface area (Å²) in [6, 6.07) is 16.0. The molecule has 3 rings (SSSR count). The van der Waals surface area contributed by atoms with Crippen LogP contribution in [0, 0.1) is 6.92 Å². The molecule has 0 bridgehead atoms. The van der Waals surface area contributed by atoms with Gasteiger partial charge in [-0.05, 0) is 43.4 Å². The van der Waals surface area contributed by atoms with Crippen LogP contribution in [0.4, 0.5) is 5.69 Å². The number of nitrogens with one attached hydrogen (secondary N) is 1. The molecule has 8 heteroatoms. The summed E-state index contributed by atoms with van der Waals surface area (Å²) in [6.07, 6.45) is 5.61. The molecule has 184 valence electrons. The van der Waals surface area contributed by atoms with Crippen molar-refractivity contribution in [1.82, 2.24) is 10.2 Å². The lowest BCUT2D eigenvalue weighted by molar-refractivity contribution is -0.140. The molecule has 0 radical (unpaired) electrons. The summed E-state index contributed by atoms with van der Waals surface area (Å²) in [6.45, 7) is 3.54. The SMILES string of the molecule is CC[C@@H](C(=O)NC1CCCC1)N(Cc1ccccc1)C(=O)CN(c1ccccc1C)S(C)(=O)=O. The van der Waals surface area contributed by atoms with Crippen LogP contribution in [0.1, 0.15) is 50.2 Å². The van der Waals surface area contributed by atoms with Gasteiger partial charge in [-0.15, -0.1) is 0 Å². The minimum Gasteiger partial charge on any atom is -0.352 e. The van der Waals surface area contributed by atoms with Gasteiger partial charge in [0.05, 0.1) is 11.9 Å². The van der Waals surface area contributed by atoms with E-state index in [9.17, 15) is 18.0 Å². The Labute approximate surface area is 203 Å². The number of amides is 2. The van der Waals surface area contributed by atoms with Crippen LogP contribution in [0.2, 0.25) is 0 Å². The van der Waals surface area contributed by atoms with E-state index < -0.39 is 22.0 Å². The highest BCUT2D eigenvalue weighted by Gasteiger charge is 2.33. The molecule has 1 saturated carbocycles. The lowest BCUT2D eigenvalue weighted by atomic mass is 10.1. The number of carbonyl (C=O) groups excluding carboxylic acids is 2. The zero-order chi connectivity index (χ0) is 24.7. The molecule has 2 aromatic carbocycles. The summed E-state index contributed by atoms with van der Waals surface area (Å²) < 4.78 is 26.5. The number of anilines is 1. The molecule has 1 aliphatic rings. The van der Waals surface area contributed by atoms with E-state index in [1.807, 2.05) is 56.3 Å². The lowest BCUT2D eigenvalue weighted by Gasteiger charge is -2.33. The normalized spacial score (nSPS) is 15.0. The van der Waals surface area contributed by atoms with Gasteiger partial charge in [0.25, 0.3) is 0 Å². The molecular weight excluding hydrogens is 450 g/mol. The van der Waals surface area contributed by atoms with Gasteiger partial charge in [-0.1, -0.05) is 68.3 Å². The van der Waals surface area contributed by atoms with Crippen LogP contribution in [0.25, 0.3) is 0 Å². The van der Waals surface area contributed by atoms with Crippen molar-refractivity contribution in [1.29, 1.82) is 0 Å². The van der Waals surface area contributed by atoms with E-state index in [4.69, 9.17) is 0 Å².